The molecule has 10 heteroatoms. The van der Waals surface area contributed by atoms with Gasteiger partial charge in [0.25, 0.3) is 0 Å². The maximum Gasteiger partial charge on any atom is 0.248 e. The predicted molar refractivity (Wildman–Crippen MR) is 219 cm³/mol. The molecule has 0 unspecified atom stereocenters. The van der Waals surface area contributed by atoms with Crippen molar-refractivity contribution in [1.82, 2.24) is 10.3 Å². The average Bonchev–Trinajstić information content (AvgIpc) is 4.12. The number of rotatable bonds is 8. The van der Waals surface area contributed by atoms with Gasteiger partial charge in [-0.05, 0) is 120 Å². The SMILES string of the molecule is N#Cc1ccc(C(=O)C2=N/C(=C(/c3ccc(C#N)cc3)c3ccc(/C(=C4/C=CC(C(=C5/C=CC(=O)N5)/c5ccc(C#N)cc5)=N4)c4ccc(C#N)cc4)[nH]3)C=C2)cc1. The highest BCUT2D eigenvalue weighted by Gasteiger charge is 2.24. The first-order valence-corrected chi connectivity index (χ1v) is 17.9. The number of amides is 1. The summed E-state index contributed by atoms with van der Waals surface area (Å²) in [5.41, 5.74) is 10.6. The standard InChI is InChI=1S/C48H26N8O2/c49-25-29-1-9-33(10-2-29)45(38-19-20-40(54-38)47(42-23-24-44(57)56-42)35-13-5-31(27-51)6-14-35)37-17-18-39(53-37)46(34-11-3-30(26-50)4-12-34)41-21-22-43(55-41)48(58)36-15-7-32(28-52)8-16-36/h1-24,53H,(H,56,57)/b45-38-,46-41-,47-42-. The minimum Gasteiger partial charge on any atom is -0.354 e. The minimum atomic E-state index is -0.292. The highest BCUT2D eigenvalue weighted by molar-refractivity contribution is 6.50. The summed E-state index contributed by atoms with van der Waals surface area (Å²) in [4.78, 5) is 39.3. The monoisotopic (exact) mass is 746 g/mol. The maximum absolute atomic E-state index is 13.5. The van der Waals surface area contributed by atoms with Crippen LogP contribution in [0.5, 0.6) is 0 Å². The molecule has 0 saturated heterocycles. The molecule has 4 aromatic carbocycles. The summed E-state index contributed by atoms with van der Waals surface area (Å²) >= 11 is 0. The number of Topliss-reactive ketones (excluding diaryl/α,β-unsaturated/α-hetero) is 1. The van der Waals surface area contributed by atoms with E-state index in [0.717, 1.165) is 22.3 Å². The molecule has 0 spiro atoms. The van der Waals surface area contributed by atoms with Crippen molar-refractivity contribution >= 4 is 39.8 Å². The van der Waals surface area contributed by atoms with Crippen LogP contribution in [0.2, 0.25) is 0 Å². The van der Waals surface area contributed by atoms with E-state index in [4.69, 9.17) is 9.98 Å². The van der Waals surface area contributed by atoms with Crippen molar-refractivity contribution < 1.29 is 9.59 Å². The summed E-state index contributed by atoms with van der Waals surface area (Å²) in [5.74, 6) is -0.546. The van der Waals surface area contributed by atoms with Gasteiger partial charge in [0.05, 0.1) is 69.3 Å². The van der Waals surface area contributed by atoms with Crippen molar-refractivity contribution in [3.63, 3.8) is 0 Å². The molecular weight excluding hydrogens is 721 g/mol. The van der Waals surface area contributed by atoms with Crippen LogP contribution in [-0.4, -0.2) is 28.1 Å². The molecule has 58 heavy (non-hydrogen) atoms. The van der Waals surface area contributed by atoms with Crippen LogP contribution >= 0.6 is 0 Å². The fourth-order valence-corrected chi connectivity index (χ4v) is 6.78. The molecule has 0 bridgehead atoms. The van der Waals surface area contributed by atoms with Crippen LogP contribution in [0.25, 0.3) is 16.7 Å². The number of aromatic nitrogens is 1. The van der Waals surface area contributed by atoms with Crippen LogP contribution in [0, 0.1) is 45.3 Å². The average molecular weight is 747 g/mol. The molecule has 3 aliphatic heterocycles. The fraction of sp³-hybridized carbons (Fsp3) is 0. The van der Waals surface area contributed by atoms with Gasteiger partial charge in [-0.2, -0.15) is 21.0 Å². The number of ketones is 1. The van der Waals surface area contributed by atoms with E-state index in [9.17, 15) is 30.6 Å². The first kappa shape index (κ1) is 36.0. The van der Waals surface area contributed by atoms with E-state index in [1.54, 1.807) is 78.9 Å². The molecule has 5 aromatic rings. The number of benzene rings is 4. The molecule has 8 rings (SSSR count). The molecule has 0 atom stereocenters. The predicted octanol–water partition coefficient (Wildman–Crippen LogP) is 8.02. The topological polar surface area (TPSA) is 182 Å². The lowest BCUT2D eigenvalue weighted by molar-refractivity contribution is -0.115. The number of nitrogens with zero attached hydrogens (tertiary/aromatic N) is 6. The second-order valence-corrected chi connectivity index (χ2v) is 13.2. The highest BCUT2D eigenvalue weighted by atomic mass is 16.1. The lowest BCUT2D eigenvalue weighted by Crippen LogP contribution is -2.16. The molecular formula is C48H26N8O2. The van der Waals surface area contributed by atoms with Crippen LogP contribution in [0.1, 0.15) is 60.7 Å². The Labute approximate surface area is 332 Å². The van der Waals surface area contributed by atoms with Crippen LogP contribution in [0.15, 0.2) is 173 Å². The van der Waals surface area contributed by atoms with E-state index in [0.29, 0.717) is 73.2 Å². The molecule has 0 aliphatic carbocycles. The maximum atomic E-state index is 13.5. The Balaban J connectivity index is 1.26. The molecule has 0 radical (unpaired) electrons. The van der Waals surface area contributed by atoms with Gasteiger partial charge < -0.3 is 10.3 Å². The third kappa shape index (κ3) is 7.04. The summed E-state index contributed by atoms with van der Waals surface area (Å²) in [5, 5.41) is 40.6. The van der Waals surface area contributed by atoms with Gasteiger partial charge in [0.1, 0.15) is 5.71 Å². The highest BCUT2D eigenvalue weighted by Crippen LogP contribution is 2.36. The van der Waals surface area contributed by atoms with Gasteiger partial charge in [-0.15, -0.1) is 0 Å². The van der Waals surface area contributed by atoms with Crippen molar-refractivity contribution in [1.29, 1.82) is 21.0 Å². The number of carbonyl (C=O) groups is 2. The van der Waals surface area contributed by atoms with Gasteiger partial charge in [-0.1, -0.05) is 36.4 Å². The Hall–Kier alpha value is -8.96. The first-order chi connectivity index (χ1) is 28.3. The molecule has 4 heterocycles. The zero-order valence-corrected chi connectivity index (χ0v) is 30.4. The van der Waals surface area contributed by atoms with E-state index in [2.05, 4.69) is 34.6 Å². The summed E-state index contributed by atoms with van der Waals surface area (Å²) in [6, 6.07) is 40.1. The summed E-state index contributed by atoms with van der Waals surface area (Å²) in [6.07, 6.45) is 10.3. The fourth-order valence-electron chi connectivity index (χ4n) is 6.78. The molecule has 1 amide bonds. The van der Waals surface area contributed by atoms with E-state index in [1.807, 2.05) is 60.7 Å². The smallest absolute Gasteiger partial charge is 0.248 e. The van der Waals surface area contributed by atoms with Gasteiger partial charge in [0, 0.05) is 39.7 Å². The van der Waals surface area contributed by atoms with Crippen LogP contribution < -0.4 is 5.32 Å². The van der Waals surface area contributed by atoms with Crippen molar-refractivity contribution in [2.75, 3.05) is 0 Å². The number of carbonyl (C=O) groups excluding carboxylic acids is 2. The van der Waals surface area contributed by atoms with Crippen LogP contribution in [-0.2, 0) is 4.79 Å². The third-order valence-electron chi connectivity index (χ3n) is 9.62. The molecule has 0 saturated carbocycles. The number of H-pyrrole nitrogens is 1. The lowest BCUT2D eigenvalue weighted by Gasteiger charge is -2.12. The molecule has 270 valence electrons. The van der Waals surface area contributed by atoms with Crippen molar-refractivity contribution in [3.05, 3.63) is 219 Å². The Morgan fingerprint density at radius 3 is 1.26 bits per heavy atom. The molecule has 0 fully saturated rings. The quantitative estimate of drug-likeness (QED) is 0.152. The normalized spacial score (nSPS) is 16.4. The van der Waals surface area contributed by atoms with E-state index in [-0.39, 0.29) is 17.4 Å². The van der Waals surface area contributed by atoms with E-state index < -0.39 is 0 Å². The first-order valence-electron chi connectivity index (χ1n) is 17.9. The van der Waals surface area contributed by atoms with E-state index >= 15 is 0 Å². The van der Waals surface area contributed by atoms with Crippen LogP contribution in [0.3, 0.4) is 0 Å². The number of allylic oxidation sites excluding steroid dienone is 6. The van der Waals surface area contributed by atoms with Crippen molar-refractivity contribution in [3.8, 4) is 24.3 Å². The largest absolute Gasteiger partial charge is 0.354 e. The zero-order valence-electron chi connectivity index (χ0n) is 30.4. The van der Waals surface area contributed by atoms with Gasteiger partial charge in [-0.3, -0.25) is 9.59 Å². The number of nitriles is 4. The van der Waals surface area contributed by atoms with Gasteiger partial charge in [-0.25, -0.2) is 9.98 Å². The third-order valence-corrected chi connectivity index (χ3v) is 9.62. The number of aromatic amines is 1. The van der Waals surface area contributed by atoms with Gasteiger partial charge >= 0.3 is 0 Å². The summed E-state index contributed by atoms with van der Waals surface area (Å²) in [6.45, 7) is 0. The minimum absolute atomic E-state index is 0.233. The lowest BCUT2D eigenvalue weighted by atomic mass is 9.98. The van der Waals surface area contributed by atoms with E-state index in [1.165, 1.54) is 6.08 Å². The Bertz CT molecular complexity index is 2990. The van der Waals surface area contributed by atoms with Gasteiger partial charge in [0.15, 0.2) is 0 Å². The zero-order chi connectivity index (χ0) is 40.2. The molecule has 10 nitrogen and oxygen atoms in total. The number of hydrogen-bond acceptors (Lipinski definition) is 8. The van der Waals surface area contributed by atoms with Crippen molar-refractivity contribution in [2.45, 2.75) is 0 Å². The number of aliphatic imine (C=N–C) groups is 2. The molecule has 1 aromatic heterocycles. The second-order valence-electron chi connectivity index (χ2n) is 13.2. The molecule has 3 aliphatic rings. The van der Waals surface area contributed by atoms with Crippen molar-refractivity contribution in [2.24, 2.45) is 9.98 Å². The van der Waals surface area contributed by atoms with Crippen LogP contribution in [0.4, 0.5) is 0 Å². The Kier molecular flexibility index (Phi) is 9.58. The summed E-state index contributed by atoms with van der Waals surface area (Å²) in [7, 11) is 0. The van der Waals surface area contributed by atoms with Gasteiger partial charge in [0.2, 0.25) is 11.7 Å². The molecule has 2 N–H and O–H groups in total. The Morgan fingerprint density at radius 2 is 0.845 bits per heavy atom. The second kappa shape index (κ2) is 15.4. The number of hydrogen-bond donors (Lipinski definition) is 2. The summed E-state index contributed by atoms with van der Waals surface area (Å²) < 4.78 is 0. The Morgan fingerprint density at radius 1 is 0.448 bits per heavy atom. The number of nitrogens with one attached hydrogen (secondary N) is 2.